The minimum absolute atomic E-state index is 0.884. The van der Waals surface area contributed by atoms with Crippen molar-refractivity contribution in [1.29, 1.82) is 0 Å². The van der Waals surface area contributed by atoms with E-state index in [-0.39, 0.29) is 0 Å². The zero-order valence-corrected chi connectivity index (χ0v) is 29.6. The minimum atomic E-state index is 0.884. The molecule has 0 aliphatic heterocycles. The molecule has 1 aliphatic carbocycles. The quantitative estimate of drug-likeness (QED) is 0.268. The van der Waals surface area contributed by atoms with Crippen molar-refractivity contribution in [1.82, 2.24) is 0 Å². The van der Waals surface area contributed by atoms with Crippen molar-refractivity contribution in [2.24, 2.45) is 5.92 Å². The summed E-state index contributed by atoms with van der Waals surface area (Å²) < 4.78 is 0. The van der Waals surface area contributed by atoms with Crippen LogP contribution in [0.4, 0.5) is 0 Å². The van der Waals surface area contributed by atoms with Crippen LogP contribution in [0.15, 0.2) is 90.1 Å². The molecular weight excluding hydrogens is 480 g/mol. The summed E-state index contributed by atoms with van der Waals surface area (Å²) in [6.45, 7) is 33.2. The fraction of sp³-hybridized carbons (Fsp3) is 0.550. The molecule has 1 aromatic carbocycles. The third kappa shape index (κ3) is 22.5. The molecule has 0 aromatic heterocycles. The summed E-state index contributed by atoms with van der Waals surface area (Å²) in [5, 5.41) is 0. The molecule has 1 saturated carbocycles. The Bertz CT molecular complexity index is 811. The van der Waals surface area contributed by atoms with E-state index in [2.05, 4.69) is 123 Å². The van der Waals surface area contributed by atoms with Crippen molar-refractivity contribution in [3.63, 3.8) is 0 Å². The zero-order valence-electron chi connectivity index (χ0n) is 29.6. The molecule has 0 radical (unpaired) electrons. The van der Waals surface area contributed by atoms with Crippen LogP contribution in [0.1, 0.15) is 146 Å². The lowest BCUT2D eigenvalue weighted by Crippen LogP contribution is -1.98. The average Bonchev–Trinajstić information content (AvgIpc) is 2.95. The maximum atomic E-state index is 3.90. The van der Waals surface area contributed by atoms with Crippen LogP contribution in [0.2, 0.25) is 0 Å². The first-order valence-corrected chi connectivity index (χ1v) is 16.5. The van der Waals surface area contributed by atoms with Gasteiger partial charge in [0.15, 0.2) is 0 Å². The molecule has 0 atom stereocenters. The third-order valence-electron chi connectivity index (χ3n) is 5.86. The molecule has 1 fully saturated rings. The third-order valence-corrected chi connectivity index (χ3v) is 5.86. The zero-order chi connectivity index (χ0) is 31.8. The lowest BCUT2D eigenvalue weighted by atomic mass is 9.86. The molecular formula is C40H70. The molecule has 0 heterocycles. The predicted octanol–water partition coefficient (Wildman–Crippen LogP) is 14.5. The Kier molecular flexibility index (Phi) is 38.7. The van der Waals surface area contributed by atoms with Gasteiger partial charge in [0.05, 0.1) is 0 Å². The molecule has 40 heavy (non-hydrogen) atoms. The van der Waals surface area contributed by atoms with Crippen molar-refractivity contribution >= 4 is 5.57 Å². The van der Waals surface area contributed by atoms with E-state index in [9.17, 15) is 0 Å². The standard InChI is InChI=1S/C25H32.C5H12.C4H8.3C2H6/c1-7-12-21(13-8-2)24(11-5)25(22(14-9-3)15-10-4)23-18-16-20(6)17-19-23;1-4-5(2)3;1-2-4-3-1;3*1-2/h7-9,12-19H,1,10-11H2,2-6H3;5H,4H2,1-3H3;1-4H2;3*1-2H3/b13-8-,14-9-,21-12+,22-15+,25-24-;;;;;. The predicted molar refractivity (Wildman–Crippen MR) is 192 cm³/mol. The minimum Gasteiger partial charge on any atom is -0.0990 e. The first kappa shape index (κ1) is 44.7. The van der Waals surface area contributed by atoms with Crippen LogP contribution in [0, 0.1) is 12.8 Å². The number of hydrogen-bond acceptors (Lipinski definition) is 0. The van der Waals surface area contributed by atoms with Crippen LogP contribution >= 0.6 is 0 Å². The molecule has 1 aliphatic rings. The van der Waals surface area contributed by atoms with Gasteiger partial charge >= 0.3 is 0 Å². The van der Waals surface area contributed by atoms with Crippen LogP contribution < -0.4 is 0 Å². The Hall–Kier alpha value is -2.34. The Morgan fingerprint density at radius 1 is 0.775 bits per heavy atom. The number of benzene rings is 1. The maximum Gasteiger partial charge on any atom is -0.00768 e. The van der Waals surface area contributed by atoms with Crippen LogP contribution in [-0.2, 0) is 0 Å². The molecule has 0 N–H and O–H groups in total. The van der Waals surface area contributed by atoms with E-state index in [0.29, 0.717) is 0 Å². The Morgan fingerprint density at radius 2 is 1.20 bits per heavy atom. The van der Waals surface area contributed by atoms with Gasteiger partial charge in [0, 0.05) is 0 Å². The highest BCUT2D eigenvalue weighted by Gasteiger charge is 2.13. The Balaban J connectivity index is -0.000000355. The molecule has 1 aromatic rings. The lowest BCUT2D eigenvalue weighted by Gasteiger charge is -2.18. The summed E-state index contributed by atoms with van der Waals surface area (Å²) in [4.78, 5) is 0. The summed E-state index contributed by atoms with van der Waals surface area (Å²) >= 11 is 0. The van der Waals surface area contributed by atoms with Crippen molar-refractivity contribution < 1.29 is 0 Å². The molecule has 0 saturated heterocycles. The first-order chi connectivity index (χ1) is 19.4. The molecule has 230 valence electrons. The number of rotatable bonds is 9. The molecule has 0 amide bonds. The van der Waals surface area contributed by atoms with Gasteiger partial charge in [-0.15, -0.1) is 0 Å². The Morgan fingerprint density at radius 3 is 1.50 bits per heavy atom. The van der Waals surface area contributed by atoms with E-state index < -0.39 is 0 Å². The summed E-state index contributed by atoms with van der Waals surface area (Å²) in [7, 11) is 0. The van der Waals surface area contributed by atoms with Crippen molar-refractivity contribution in [3.8, 4) is 0 Å². The normalized spacial score (nSPS) is 13.0. The second kappa shape index (κ2) is 34.7. The number of allylic oxidation sites excluding steroid dienone is 11. The van der Waals surface area contributed by atoms with Crippen molar-refractivity contribution in [2.75, 3.05) is 0 Å². The molecule has 0 nitrogen and oxygen atoms in total. The van der Waals surface area contributed by atoms with Crippen molar-refractivity contribution in [2.45, 2.75) is 142 Å². The fourth-order valence-corrected chi connectivity index (χ4v) is 3.23. The fourth-order valence-electron chi connectivity index (χ4n) is 3.23. The summed E-state index contributed by atoms with van der Waals surface area (Å²) in [5.41, 5.74) is 7.71. The van der Waals surface area contributed by atoms with Crippen molar-refractivity contribution in [3.05, 3.63) is 101 Å². The van der Waals surface area contributed by atoms with Gasteiger partial charge in [0.25, 0.3) is 0 Å². The van der Waals surface area contributed by atoms with Gasteiger partial charge in [-0.2, -0.15) is 0 Å². The highest BCUT2D eigenvalue weighted by atomic mass is 14.2. The van der Waals surface area contributed by atoms with E-state index in [0.717, 1.165) is 18.8 Å². The highest BCUT2D eigenvalue weighted by molar-refractivity contribution is 5.87. The van der Waals surface area contributed by atoms with E-state index in [1.165, 1.54) is 65.5 Å². The maximum absolute atomic E-state index is 3.90. The van der Waals surface area contributed by atoms with E-state index in [1.54, 1.807) is 0 Å². The van der Waals surface area contributed by atoms with Gasteiger partial charge in [-0.3, -0.25) is 0 Å². The van der Waals surface area contributed by atoms with Crippen LogP contribution in [0.25, 0.3) is 5.57 Å². The van der Waals surface area contributed by atoms with Crippen LogP contribution in [-0.4, -0.2) is 0 Å². The smallest absolute Gasteiger partial charge is 0.00768 e. The highest BCUT2D eigenvalue weighted by Crippen LogP contribution is 2.34. The lowest BCUT2D eigenvalue weighted by molar-refractivity contribution is 0.504. The summed E-state index contributed by atoms with van der Waals surface area (Å²) in [5.74, 6) is 0.884. The van der Waals surface area contributed by atoms with E-state index in [1.807, 2.05) is 47.6 Å². The molecule has 0 spiro atoms. The Labute approximate surface area is 254 Å². The van der Waals surface area contributed by atoms with Gasteiger partial charge in [0.2, 0.25) is 0 Å². The monoisotopic (exact) mass is 551 g/mol. The van der Waals surface area contributed by atoms with Gasteiger partial charge in [-0.05, 0) is 67.4 Å². The summed E-state index contributed by atoms with van der Waals surface area (Å²) in [6.07, 6.45) is 24.2. The summed E-state index contributed by atoms with van der Waals surface area (Å²) in [6, 6.07) is 8.84. The van der Waals surface area contributed by atoms with Gasteiger partial charge in [0.1, 0.15) is 0 Å². The average molecular weight is 551 g/mol. The second-order valence-corrected chi connectivity index (χ2v) is 9.21. The second-order valence-electron chi connectivity index (χ2n) is 9.21. The van der Waals surface area contributed by atoms with Crippen LogP contribution in [0.5, 0.6) is 0 Å². The van der Waals surface area contributed by atoms with Gasteiger partial charge in [-0.1, -0.05) is 187 Å². The SMILES string of the molecule is C1CCC1.C=C/C=C(\C=C/C)C(/CC)=C(C(/C=C\C)=C/CC)\c1ccc(C)cc1.CC.CC.CC.CCC(C)C. The van der Waals surface area contributed by atoms with Crippen LogP contribution in [0.3, 0.4) is 0 Å². The molecule has 0 unspecified atom stereocenters. The molecule has 0 heteroatoms. The topological polar surface area (TPSA) is 0 Å². The largest absolute Gasteiger partial charge is 0.0990 e. The number of aryl methyl sites for hydroxylation is 1. The molecule has 2 rings (SSSR count). The van der Waals surface area contributed by atoms with Gasteiger partial charge < -0.3 is 0 Å². The first-order valence-electron chi connectivity index (χ1n) is 16.5. The van der Waals surface area contributed by atoms with E-state index in [4.69, 9.17) is 0 Å². The molecule has 0 bridgehead atoms. The van der Waals surface area contributed by atoms with E-state index >= 15 is 0 Å². The van der Waals surface area contributed by atoms with Gasteiger partial charge in [-0.25, -0.2) is 0 Å². The number of hydrogen-bond donors (Lipinski definition) is 0.